The fraction of sp³-hybridized carbons (Fsp3) is 0.500. The second-order valence-electron chi connectivity index (χ2n) is 5.46. The van der Waals surface area contributed by atoms with Gasteiger partial charge in [0.05, 0.1) is 4.90 Å². The fourth-order valence-corrected chi connectivity index (χ4v) is 3.49. The molecule has 0 amide bonds. The van der Waals surface area contributed by atoms with Gasteiger partial charge in [-0.25, -0.2) is 13.1 Å². The predicted molar refractivity (Wildman–Crippen MR) is 85.7 cm³/mol. The smallest absolute Gasteiger partial charge is 0.240 e. The molecule has 1 aliphatic rings. The minimum absolute atomic E-state index is 0.0594. The molecule has 116 valence electrons. The number of rotatable bonds is 8. The maximum absolute atomic E-state index is 12.3. The van der Waals surface area contributed by atoms with Crippen LogP contribution in [0.4, 0.5) is 0 Å². The van der Waals surface area contributed by atoms with Crippen molar-refractivity contribution in [1.29, 1.82) is 0 Å². The molecule has 3 N–H and O–H groups in total. The van der Waals surface area contributed by atoms with E-state index >= 15 is 0 Å². The molecule has 7 heteroatoms. The number of nitrogens with one attached hydrogen (secondary N) is 1. The van der Waals surface area contributed by atoms with Crippen LogP contribution >= 0.6 is 12.2 Å². The van der Waals surface area contributed by atoms with Crippen LogP contribution in [0, 0.1) is 5.41 Å². The highest BCUT2D eigenvalue weighted by Gasteiger charge is 2.42. The Morgan fingerprint density at radius 1 is 1.48 bits per heavy atom. The zero-order chi connectivity index (χ0) is 15.5. The van der Waals surface area contributed by atoms with Gasteiger partial charge in [-0.3, -0.25) is 0 Å². The van der Waals surface area contributed by atoms with Gasteiger partial charge in [-0.2, -0.15) is 0 Å². The van der Waals surface area contributed by atoms with Gasteiger partial charge >= 0.3 is 0 Å². The molecule has 0 spiro atoms. The number of hydrogen-bond acceptors (Lipinski definition) is 4. The highest BCUT2D eigenvalue weighted by molar-refractivity contribution is 7.89. The van der Waals surface area contributed by atoms with E-state index in [9.17, 15) is 8.42 Å². The summed E-state index contributed by atoms with van der Waals surface area (Å²) in [6.45, 7) is 1.09. The van der Waals surface area contributed by atoms with Crippen molar-refractivity contribution in [3.63, 3.8) is 0 Å². The van der Waals surface area contributed by atoms with Crippen LogP contribution in [0.2, 0.25) is 0 Å². The quantitative estimate of drug-likeness (QED) is 0.705. The van der Waals surface area contributed by atoms with Gasteiger partial charge in [0.2, 0.25) is 10.0 Å². The molecule has 0 atom stereocenters. The van der Waals surface area contributed by atoms with Gasteiger partial charge in [-0.15, -0.1) is 0 Å². The van der Waals surface area contributed by atoms with Crippen molar-refractivity contribution < 1.29 is 13.2 Å². The van der Waals surface area contributed by atoms with Crippen LogP contribution < -0.4 is 10.5 Å². The highest BCUT2D eigenvalue weighted by Crippen LogP contribution is 2.48. The van der Waals surface area contributed by atoms with E-state index in [2.05, 4.69) is 4.72 Å². The van der Waals surface area contributed by atoms with Gasteiger partial charge in [0.1, 0.15) is 4.99 Å². The first kappa shape index (κ1) is 16.4. The lowest BCUT2D eigenvalue weighted by Gasteiger charge is -2.16. The van der Waals surface area contributed by atoms with Gasteiger partial charge in [0, 0.05) is 25.8 Å². The Labute approximate surface area is 130 Å². The summed E-state index contributed by atoms with van der Waals surface area (Å²) >= 11 is 4.87. The molecule has 0 bridgehead atoms. The third kappa shape index (κ3) is 4.23. The Hall–Kier alpha value is -1.02. The summed E-state index contributed by atoms with van der Waals surface area (Å²) in [5, 5.41) is 0. The van der Waals surface area contributed by atoms with E-state index in [4.69, 9.17) is 22.7 Å². The van der Waals surface area contributed by atoms with Crippen LogP contribution in [0.25, 0.3) is 0 Å². The van der Waals surface area contributed by atoms with Crippen LogP contribution in [-0.4, -0.2) is 33.7 Å². The van der Waals surface area contributed by atoms with Crippen molar-refractivity contribution in [2.75, 3.05) is 20.3 Å². The van der Waals surface area contributed by atoms with Crippen molar-refractivity contribution in [2.24, 2.45) is 11.1 Å². The zero-order valence-electron chi connectivity index (χ0n) is 12.0. The van der Waals surface area contributed by atoms with Crippen molar-refractivity contribution in [2.45, 2.75) is 24.2 Å². The molecule has 1 fully saturated rings. The largest absolute Gasteiger partial charge is 0.389 e. The highest BCUT2D eigenvalue weighted by atomic mass is 32.2. The summed E-state index contributed by atoms with van der Waals surface area (Å²) in [6.07, 6.45) is 2.94. The van der Waals surface area contributed by atoms with Crippen LogP contribution in [0.5, 0.6) is 0 Å². The number of thiocarbonyl (C=S) groups is 1. The first-order valence-corrected chi connectivity index (χ1v) is 8.66. The Morgan fingerprint density at radius 3 is 2.76 bits per heavy atom. The molecule has 1 saturated carbocycles. The van der Waals surface area contributed by atoms with Crippen LogP contribution in [-0.2, 0) is 14.8 Å². The Kier molecular flexibility index (Phi) is 4.98. The number of hydrogen-bond donors (Lipinski definition) is 2. The molecule has 0 saturated heterocycles. The normalized spacial score (nSPS) is 16.6. The van der Waals surface area contributed by atoms with Crippen LogP contribution in [0.3, 0.4) is 0 Å². The zero-order valence-corrected chi connectivity index (χ0v) is 13.6. The molecule has 0 aromatic heterocycles. The standard InChI is InChI=1S/C14H20N2O3S2/c1-19-8-7-14(5-6-14)10-16-21(17,18)12-4-2-3-11(9-12)13(15)20/h2-4,9,16H,5-8,10H2,1H3,(H2,15,20). The third-order valence-corrected chi connectivity index (χ3v) is 5.49. The lowest BCUT2D eigenvalue weighted by atomic mass is 10.0. The molecule has 0 heterocycles. The summed E-state index contributed by atoms with van der Waals surface area (Å²) in [6, 6.07) is 6.38. The summed E-state index contributed by atoms with van der Waals surface area (Å²) in [7, 11) is -1.89. The lowest BCUT2D eigenvalue weighted by molar-refractivity contribution is 0.173. The van der Waals surface area contributed by atoms with E-state index in [1.54, 1.807) is 25.3 Å². The Bertz CT molecular complexity index is 625. The molecule has 1 aromatic carbocycles. The molecule has 21 heavy (non-hydrogen) atoms. The molecular weight excluding hydrogens is 308 g/mol. The third-order valence-electron chi connectivity index (χ3n) is 3.86. The van der Waals surface area contributed by atoms with E-state index < -0.39 is 10.0 Å². The summed E-state index contributed by atoms with van der Waals surface area (Å²) in [5.41, 5.74) is 6.15. The summed E-state index contributed by atoms with van der Waals surface area (Å²) < 4.78 is 32.4. The van der Waals surface area contributed by atoms with Crippen molar-refractivity contribution >= 4 is 27.2 Å². The average Bonchev–Trinajstić information content (AvgIpc) is 3.24. The van der Waals surface area contributed by atoms with Gasteiger partial charge in [-0.1, -0.05) is 24.4 Å². The molecule has 1 aromatic rings. The maximum atomic E-state index is 12.3. The number of methoxy groups -OCH3 is 1. The van der Waals surface area contributed by atoms with Gasteiger partial charge < -0.3 is 10.5 Å². The first-order valence-electron chi connectivity index (χ1n) is 6.77. The minimum Gasteiger partial charge on any atom is -0.389 e. The SMILES string of the molecule is COCCC1(CNS(=O)(=O)c2cccc(C(N)=S)c2)CC1. The number of ether oxygens (including phenoxy) is 1. The van der Waals surface area contributed by atoms with Crippen LogP contribution in [0.15, 0.2) is 29.2 Å². The first-order chi connectivity index (χ1) is 9.88. The average molecular weight is 328 g/mol. The maximum Gasteiger partial charge on any atom is 0.240 e. The van der Waals surface area contributed by atoms with Crippen molar-refractivity contribution in [1.82, 2.24) is 4.72 Å². The van der Waals surface area contributed by atoms with E-state index in [-0.39, 0.29) is 15.3 Å². The minimum atomic E-state index is -3.54. The topological polar surface area (TPSA) is 81.4 Å². The fourth-order valence-electron chi connectivity index (χ4n) is 2.16. The second kappa shape index (κ2) is 6.39. The summed E-state index contributed by atoms with van der Waals surface area (Å²) in [4.78, 5) is 0.376. The molecule has 0 radical (unpaired) electrons. The number of nitrogens with two attached hydrogens (primary N) is 1. The van der Waals surface area contributed by atoms with E-state index in [0.717, 1.165) is 19.3 Å². The number of benzene rings is 1. The molecule has 5 nitrogen and oxygen atoms in total. The van der Waals surface area contributed by atoms with E-state index in [0.29, 0.717) is 18.7 Å². The van der Waals surface area contributed by atoms with Gasteiger partial charge in [0.25, 0.3) is 0 Å². The Morgan fingerprint density at radius 2 is 2.19 bits per heavy atom. The second-order valence-corrected chi connectivity index (χ2v) is 7.67. The molecular formula is C14H20N2O3S2. The molecule has 1 aliphatic carbocycles. The van der Waals surface area contributed by atoms with Crippen LogP contribution in [0.1, 0.15) is 24.8 Å². The molecule has 2 rings (SSSR count). The van der Waals surface area contributed by atoms with Gasteiger partial charge in [0.15, 0.2) is 0 Å². The Balaban J connectivity index is 2.05. The van der Waals surface area contributed by atoms with Gasteiger partial charge in [-0.05, 0) is 36.8 Å². The summed E-state index contributed by atoms with van der Waals surface area (Å²) in [5.74, 6) is 0. The van der Waals surface area contributed by atoms with Crippen molar-refractivity contribution in [3.05, 3.63) is 29.8 Å². The molecule has 0 unspecified atom stereocenters. The van der Waals surface area contributed by atoms with Crippen molar-refractivity contribution in [3.8, 4) is 0 Å². The van der Waals surface area contributed by atoms with E-state index in [1.807, 2.05) is 0 Å². The monoisotopic (exact) mass is 328 g/mol. The predicted octanol–water partition coefficient (Wildman–Crippen LogP) is 1.42. The molecule has 0 aliphatic heterocycles. The number of sulfonamides is 1. The lowest BCUT2D eigenvalue weighted by Crippen LogP contribution is -2.31. The van der Waals surface area contributed by atoms with E-state index in [1.165, 1.54) is 6.07 Å².